The van der Waals surface area contributed by atoms with Gasteiger partial charge in [-0.15, -0.1) is 0 Å². The molecule has 0 aromatic heterocycles. The largest absolute Gasteiger partial charge is 0.242 e. The van der Waals surface area contributed by atoms with E-state index in [1.165, 1.54) is 0 Å². The Balaban J connectivity index is 3.17. The van der Waals surface area contributed by atoms with Crippen molar-refractivity contribution in [2.75, 3.05) is 0 Å². The maximum Gasteiger partial charge on any atom is 0.242 e. The van der Waals surface area contributed by atoms with E-state index in [0.717, 1.165) is 6.92 Å². The van der Waals surface area contributed by atoms with Crippen molar-refractivity contribution in [2.45, 2.75) is 18.9 Å². The zero-order chi connectivity index (χ0) is 5.21. The van der Waals surface area contributed by atoms with Crippen LogP contribution in [0.15, 0.2) is 0 Å². The van der Waals surface area contributed by atoms with Gasteiger partial charge in [0.1, 0.15) is 0 Å². The average molecular weight is 110 g/mol. The normalized spacial score (nSPS) is 12.5. The molecular weight excluding hydrogens is 102 g/mol. The van der Waals surface area contributed by atoms with E-state index in [-0.39, 0.29) is 6.04 Å². The Hall–Kier alpha value is 0.0769. The number of hydrogen-bond acceptors (Lipinski definition) is 0. The Kier molecular flexibility index (Phi) is 1.71. The Bertz CT molecular complexity index is 38.5. The summed E-state index contributed by atoms with van der Waals surface area (Å²) in [5, 5.41) is 0. The average Bonchev–Trinajstić information content (AvgIpc) is 1.35. The van der Waals surface area contributed by atoms with Gasteiger partial charge in [0.05, 0.1) is 0 Å². The van der Waals surface area contributed by atoms with Crippen molar-refractivity contribution in [2.24, 2.45) is 0 Å². The van der Waals surface area contributed by atoms with Crippen LogP contribution < -0.4 is 0 Å². The summed E-state index contributed by atoms with van der Waals surface area (Å²) in [6, 6.07) is 0.0764. The van der Waals surface area contributed by atoms with Crippen LogP contribution in [0.3, 0.4) is 0 Å². The third-order valence-electron chi connectivity index (χ3n) is 0.621. The molecule has 0 saturated heterocycles. The number of halogens is 2. The lowest BCUT2D eigenvalue weighted by Gasteiger charge is -2.02. The lowest BCUT2D eigenvalue weighted by atomic mass is 10.5. The van der Waals surface area contributed by atoms with E-state index >= 15 is 0 Å². The number of hydrogen-bond donors (Lipinski definition) is 0. The van der Waals surface area contributed by atoms with Gasteiger partial charge in [0.25, 0.3) is 0 Å². The predicted molar refractivity (Wildman–Crippen MR) is 25.4 cm³/mol. The summed E-state index contributed by atoms with van der Waals surface area (Å²) in [5.74, 6) is -2.40. The first-order valence-electron chi connectivity index (χ1n) is 1.94. The van der Waals surface area contributed by atoms with Crippen LogP contribution in [0.25, 0.3) is 0 Å². The molecule has 0 fully saturated rings. The van der Waals surface area contributed by atoms with Crippen LogP contribution in [-0.4, -0.2) is 16.2 Å². The second-order valence-corrected chi connectivity index (χ2v) is 2.13. The number of rotatable bonds is 1. The molecular formula is C3H8F2Si. The van der Waals surface area contributed by atoms with E-state index in [1.807, 2.05) is 0 Å². The second kappa shape index (κ2) is 1.68. The smallest absolute Gasteiger partial charge is 0.208 e. The summed E-state index contributed by atoms with van der Waals surface area (Å²) in [4.78, 5) is 0. The minimum absolute atomic E-state index is 0.0764. The monoisotopic (exact) mass is 110 g/mol. The van der Waals surface area contributed by atoms with Gasteiger partial charge in [0, 0.05) is 10.2 Å². The predicted octanol–water partition coefficient (Wildman–Crippen LogP) is 0.425. The molecule has 0 spiro atoms. The molecule has 38 valence electrons. The molecule has 0 unspecified atom stereocenters. The van der Waals surface area contributed by atoms with Gasteiger partial charge in [-0.3, -0.25) is 0 Å². The Morgan fingerprint density at radius 3 is 1.83 bits per heavy atom. The molecule has 0 heterocycles. The first kappa shape index (κ1) is 6.08. The molecule has 0 atom stereocenters. The summed E-state index contributed by atoms with van der Waals surface area (Å²) < 4.78 is 23.0. The first-order chi connectivity index (χ1) is 2.56. The van der Waals surface area contributed by atoms with Crippen LogP contribution in [0.4, 0.5) is 8.78 Å². The van der Waals surface area contributed by atoms with Crippen molar-refractivity contribution in [3.63, 3.8) is 0 Å². The summed E-state index contributed by atoms with van der Waals surface area (Å²) in [5.41, 5.74) is 0. The van der Waals surface area contributed by atoms with Gasteiger partial charge in [-0.05, 0) is 13.0 Å². The summed E-state index contributed by atoms with van der Waals surface area (Å²) >= 11 is 0. The minimum atomic E-state index is -2.40. The van der Waals surface area contributed by atoms with Crippen molar-refractivity contribution in [3.8, 4) is 0 Å². The molecule has 0 saturated carbocycles. The fourth-order valence-corrected chi connectivity index (χ4v) is 0. The molecule has 0 radical (unpaired) electrons. The molecule has 0 aromatic rings. The minimum Gasteiger partial charge on any atom is -0.208 e. The fraction of sp³-hybridized carbons (Fsp3) is 1.00. The molecule has 0 aliphatic heterocycles. The fourth-order valence-electron chi connectivity index (χ4n) is 0. The zero-order valence-corrected chi connectivity index (χ0v) is 5.96. The third-order valence-corrected chi connectivity index (χ3v) is 1.86. The van der Waals surface area contributed by atoms with E-state index in [4.69, 9.17) is 0 Å². The van der Waals surface area contributed by atoms with E-state index in [9.17, 15) is 8.78 Å². The quantitative estimate of drug-likeness (QED) is 0.429. The highest BCUT2D eigenvalue weighted by atomic mass is 28.1. The number of alkyl halides is 2. The van der Waals surface area contributed by atoms with Crippen LogP contribution in [0.5, 0.6) is 0 Å². The van der Waals surface area contributed by atoms with E-state index < -0.39 is 5.92 Å². The van der Waals surface area contributed by atoms with Crippen molar-refractivity contribution < 1.29 is 8.78 Å². The highest BCUT2D eigenvalue weighted by Crippen LogP contribution is 2.13. The molecule has 6 heavy (non-hydrogen) atoms. The molecule has 0 aromatic carbocycles. The van der Waals surface area contributed by atoms with E-state index in [2.05, 4.69) is 0 Å². The second-order valence-electron chi connectivity index (χ2n) is 1.42. The molecule has 0 rings (SSSR count). The Morgan fingerprint density at radius 2 is 1.83 bits per heavy atom. The first-order valence-corrected chi connectivity index (χ1v) is 3.35. The van der Waals surface area contributed by atoms with E-state index in [0.29, 0.717) is 10.2 Å². The molecule has 0 nitrogen and oxygen atoms in total. The maximum absolute atomic E-state index is 11.5. The SMILES string of the molecule is CC(F)(F)C[SiH3]. The lowest BCUT2D eigenvalue weighted by molar-refractivity contribution is 0.0444. The van der Waals surface area contributed by atoms with Crippen LogP contribution in [-0.2, 0) is 0 Å². The topological polar surface area (TPSA) is 0 Å². The summed E-state index contributed by atoms with van der Waals surface area (Å²) in [6.45, 7) is 0.944. The molecule has 0 bridgehead atoms. The van der Waals surface area contributed by atoms with Gasteiger partial charge in [0.15, 0.2) is 0 Å². The molecule has 0 aliphatic carbocycles. The van der Waals surface area contributed by atoms with Crippen LogP contribution in [0.2, 0.25) is 6.04 Å². The van der Waals surface area contributed by atoms with Gasteiger partial charge < -0.3 is 0 Å². The van der Waals surface area contributed by atoms with Crippen LogP contribution in [0.1, 0.15) is 6.92 Å². The Labute approximate surface area is 39.0 Å². The van der Waals surface area contributed by atoms with Gasteiger partial charge in [-0.2, -0.15) is 0 Å². The highest BCUT2D eigenvalue weighted by Gasteiger charge is 2.15. The van der Waals surface area contributed by atoms with E-state index in [1.54, 1.807) is 0 Å². The van der Waals surface area contributed by atoms with Crippen LogP contribution in [0, 0.1) is 0 Å². The van der Waals surface area contributed by atoms with Gasteiger partial charge in [-0.1, -0.05) is 0 Å². The standard InChI is InChI=1S/C3H8F2Si/c1-3(4,5)2-6/h2H2,1,6H3. The molecule has 3 heteroatoms. The highest BCUT2D eigenvalue weighted by molar-refractivity contribution is 6.09. The molecule has 0 N–H and O–H groups in total. The summed E-state index contributed by atoms with van der Waals surface area (Å²) in [7, 11) is 0.598. The van der Waals surface area contributed by atoms with Gasteiger partial charge in [-0.25, -0.2) is 8.78 Å². The lowest BCUT2D eigenvalue weighted by Crippen LogP contribution is -2.06. The van der Waals surface area contributed by atoms with Gasteiger partial charge in [0.2, 0.25) is 5.92 Å². The molecule has 0 aliphatic rings. The molecule has 0 amide bonds. The van der Waals surface area contributed by atoms with Crippen LogP contribution >= 0.6 is 0 Å². The van der Waals surface area contributed by atoms with Crippen molar-refractivity contribution in [1.29, 1.82) is 0 Å². The van der Waals surface area contributed by atoms with Gasteiger partial charge >= 0.3 is 0 Å². The Morgan fingerprint density at radius 1 is 1.67 bits per heavy atom. The van der Waals surface area contributed by atoms with Crippen molar-refractivity contribution >= 4 is 10.2 Å². The maximum atomic E-state index is 11.5. The third kappa shape index (κ3) is 4.08. The van der Waals surface area contributed by atoms with Crippen molar-refractivity contribution in [1.82, 2.24) is 0 Å². The van der Waals surface area contributed by atoms with Crippen molar-refractivity contribution in [3.05, 3.63) is 0 Å². The zero-order valence-electron chi connectivity index (χ0n) is 3.96. The summed E-state index contributed by atoms with van der Waals surface area (Å²) in [6.07, 6.45) is 0.